The maximum absolute atomic E-state index is 5.55. The highest BCUT2D eigenvalue weighted by atomic mass is 79.9. The van der Waals surface area contributed by atoms with E-state index < -0.39 is 0 Å². The van der Waals surface area contributed by atoms with Crippen molar-refractivity contribution < 1.29 is 4.74 Å². The lowest BCUT2D eigenvalue weighted by Gasteiger charge is -2.22. The number of hydrogen-bond donors (Lipinski definition) is 0. The normalized spacial score (nSPS) is 21.7. The summed E-state index contributed by atoms with van der Waals surface area (Å²) in [5.41, 5.74) is 0. The van der Waals surface area contributed by atoms with Crippen LogP contribution in [0.3, 0.4) is 0 Å². The van der Waals surface area contributed by atoms with Crippen LogP contribution in [0.1, 0.15) is 13.3 Å². The molecule has 1 aromatic rings. The average molecular weight is 231 g/mol. The van der Waals surface area contributed by atoms with E-state index in [1.54, 1.807) is 6.20 Å². The van der Waals surface area contributed by atoms with Crippen molar-refractivity contribution in [3.05, 3.63) is 10.7 Å². The number of rotatable bonds is 1. The summed E-state index contributed by atoms with van der Waals surface area (Å²) in [6, 6.07) is 0. The largest absolute Gasteiger partial charge is 0.477 e. The van der Waals surface area contributed by atoms with Gasteiger partial charge in [-0.2, -0.15) is 5.10 Å². The van der Waals surface area contributed by atoms with Crippen LogP contribution in [0.15, 0.2) is 10.7 Å². The van der Waals surface area contributed by atoms with Crippen LogP contribution in [0.4, 0.5) is 0 Å². The van der Waals surface area contributed by atoms with Gasteiger partial charge < -0.3 is 4.74 Å². The van der Waals surface area contributed by atoms with E-state index in [0.29, 0.717) is 5.92 Å². The Morgan fingerprint density at radius 1 is 1.83 bits per heavy atom. The molecule has 4 heteroatoms. The highest BCUT2D eigenvalue weighted by Gasteiger charge is 2.20. The lowest BCUT2D eigenvalue weighted by atomic mass is 10.1. The van der Waals surface area contributed by atoms with Gasteiger partial charge in [0.15, 0.2) is 0 Å². The van der Waals surface area contributed by atoms with E-state index in [1.165, 1.54) is 0 Å². The number of halogens is 1. The molecular formula is C8H11BrN2O. The first kappa shape index (κ1) is 8.10. The van der Waals surface area contributed by atoms with E-state index in [1.807, 2.05) is 4.68 Å². The molecule has 0 fully saturated rings. The molecule has 1 unspecified atom stereocenters. The number of aromatic nitrogens is 2. The maximum Gasteiger partial charge on any atom is 0.226 e. The van der Waals surface area contributed by atoms with Crippen molar-refractivity contribution in [1.82, 2.24) is 9.78 Å². The molecule has 1 aliphatic rings. The lowest BCUT2D eigenvalue weighted by Crippen LogP contribution is -2.25. The van der Waals surface area contributed by atoms with Crippen LogP contribution in [0, 0.1) is 5.92 Å². The minimum Gasteiger partial charge on any atom is -0.477 e. The van der Waals surface area contributed by atoms with Crippen LogP contribution < -0.4 is 4.74 Å². The fourth-order valence-electron chi connectivity index (χ4n) is 1.37. The second kappa shape index (κ2) is 3.09. The molecular weight excluding hydrogens is 220 g/mol. The lowest BCUT2D eigenvalue weighted by molar-refractivity contribution is 0.160. The van der Waals surface area contributed by atoms with Crippen molar-refractivity contribution in [2.75, 3.05) is 6.61 Å². The van der Waals surface area contributed by atoms with Gasteiger partial charge in [0.1, 0.15) is 0 Å². The quantitative estimate of drug-likeness (QED) is 0.739. The third kappa shape index (κ3) is 1.24. The zero-order chi connectivity index (χ0) is 8.55. The van der Waals surface area contributed by atoms with E-state index in [-0.39, 0.29) is 0 Å². The number of nitrogens with zero attached hydrogens (tertiary/aromatic N) is 2. The first-order valence-corrected chi connectivity index (χ1v) is 4.94. The van der Waals surface area contributed by atoms with Gasteiger partial charge in [0, 0.05) is 5.92 Å². The molecule has 0 bridgehead atoms. The molecule has 0 N–H and O–H groups in total. The van der Waals surface area contributed by atoms with Crippen LogP contribution in [0.2, 0.25) is 0 Å². The fraction of sp³-hybridized carbons (Fsp3) is 0.625. The summed E-state index contributed by atoms with van der Waals surface area (Å²) in [7, 11) is 0. The molecule has 2 heterocycles. The van der Waals surface area contributed by atoms with E-state index >= 15 is 0 Å². The molecule has 0 amide bonds. The second-order valence-electron chi connectivity index (χ2n) is 3.07. The Kier molecular flexibility index (Phi) is 2.09. The standard InChI is InChI=1S/C8H11BrN2O/c1-2-6-4-11-8(12-5-6)7(9)3-10-11/h3,6H,2,4-5H2,1H3. The monoisotopic (exact) mass is 230 g/mol. The zero-order valence-electron chi connectivity index (χ0n) is 6.96. The van der Waals surface area contributed by atoms with Gasteiger partial charge >= 0.3 is 0 Å². The third-order valence-electron chi connectivity index (χ3n) is 2.21. The Hall–Kier alpha value is -0.510. The van der Waals surface area contributed by atoms with Gasteiger partial charge in [0.05, 0.1) is 23.8 Å². The summed E-state index contributed by atoms with van der Waals surface area (Å²) in [5.74, 6) is 1.49. The molecule has 3 nitrogen and oxygen atoms in total. The SMILES string of the molecule is CCC1COc2c(Br)cnn2C1. The van der Waals surface area contributed by atoms with E-state index in [0.717, 1.165) is 29.9 Å². The van der Waals surface area contributed by atoms with Crippen LogP contribution in [-0.4, -0.2) is 16.4 Å². The van der Waals surface area contributed by atoms with Gasteiger partial charge in [-0.05, 0) is 22.4 Å². The van der Waals surface area contributed by atoms with Crippen LogP contribution in [0.25, 0.3) is 0 Å². The fourth-order valence-corrected chi connectivity index (χ4v) is 1.78. The Morgan fingerprint density at radius 2 is 2.67 bits per heavy atom. The Labute approximate surface area is 79.8 Å². The van der Waals surface area contributed by atoms with Crippen LogP contribution in [0.5, 0.6) is 5.88 Å². The minimum absolute atomic E-state index is 0.615. The van der Waals surface area contributed by atoms with Crippen molar-refractivity contribution in [2.24, 2.45) is 5.92 Å². The molecule has 2 rings (SSSR count). The molecule has 1 aliphatic heterocycles. The minimum atomic E-state index is 0.615. The molecule has 66 valence electrons. The molecule has 0 spiro atoms. The topological polar surface area (TPSA) is 27.1 Å². The summed E-state index contributed by atoms with van der Waals surface area (Å²) in [4.78, 5) is 0. The van der Waals surface area contributed by atoms with Gasteiger partial charge in [-0.1, -0.05) is 6.92 Å². The van der Waals surface area contributed by atoms with E-state index in [4.69, 9.17) is 4.74 Å². The van der Waals surface area contributed by atoms with Crippen molar-refractivity contribution in [1.29, 1.82) is 0 Å². The predicted molar refractivity (Wildman–Crippen MR) is 49.2 cm³/mol. The van der Waals surface area contributed by atoms with Crippen molar-refractivity contribution in [3.8, 4) is 5.88 Å². The van der Waals surface area contributed by atoms with Crippen molar-refractivity contribution in [2.45, 2.75) is 19.9 Å². The first-order chi connectivity index (χ1) is 5.81. The highest BCUT2D eigenvalue weighted by molar-refractivity contribution is 9.10. The third-order valence-corrected chi connectivity index (χ3v) is 2.76. The summed E-state index contributed by atoms with van der Waals surface area (Å²) < 4.78 is 8.43. The Balaban J connectivity index is 2.24. The highest BCUT2D eigenvalue weighted by Crippen LogP contribution is 2.29. The molecule has 0 aromatic carbocycles. The van der Waals surface area contributed by atoms with Gasteiger partial charge in [0.2, 0.25) is 5.88 Å². The molecule has 1 atom stereocenters. The average Bonchev–Trinajstić information content (AvgIpc) is 2.47. The molecule has 1 aromatic heterocycles. The molecule has 0 radical (unpaired) electrons. The van der Waals surface area contributed by atoms with Gasteiger partial charge in [-0.25, -0.2) is 4.68 Å². The maximum atomic E-state index is 5.55. The van der Waals surface area contributed by atoms with Crippen molar-refractivity contribution >= 4 is 15.9 Å². The molecule has 0 saturated carbocycles. The Bertz CT molecular complexity index is 285. The van der Waals surface area contributed by atoms with Gasteiger partial charge in [-0.15, -0.1) is 0 Å². The van der Waals surface area contributed by atoms with E-state index in [9.17, 15) is 0 Å². The number of ether oxygens (including phenoxy) is 1. The Morgan fingerprint density at radius 3 is 3.42 bits per heavy atom. The molecule has 12 heavy (non-hydrogen) atoms. The molecule has 0 aliphatic carbocycles. The van der Waals surface area contributed by atoms with Crippen molar-refractivity contribution in [3.63, 3.8) is 0 Å². The number of hydrogen-bond acceptors (Lipinski definition) is 2. The van der Waals surface area contributed by atoms with Gasteiger partial charge in [0.25, 0.3) is 0 Å². The smallest absolute Gasteiger partial charge is 0.226 e. The summed E-state index contributed by atoms with van der Waals surface area (Å²) in [6.45, 7) is 3.98. The summed E-state index contributed by atoms with van der Waals surface area (Å²) in [5, 5.41) is 4.20. The summed E-state index contributed by atoms with van der Waals surface area (Å²) >= 11 is 3.39. The van der Waals surface area contributed by atoms with Crippen LogP contribution >= 0.6 is 15.9 Å². The molecule has 0 saturated heterocycles. The first-order valence-electron chi connectivity index (χ1n) is 4.15. The number of fused-ring (bicyclic) bond motifs is 1. The zero-order valence-corrected chi connectivity index (χ0v) is 8.54. The van der Waals surface area contributed by atoms with Crippen LogP contribution in [-0.2, 0) is 6.54 Å². The summed E-state index contributed by atoms with van der Waals surface area (Å²) in [6.07, 6.45) is 2.93. The van der Waals surface area contributed by atoms with Gasteiger partial charge in [-0.3, -0.25) is 0 Å². The predicted octanol–water partition coefficient (Wildman–Crippen LogP) is 2.06. The second-order valence-corrected chi connectivity index (χ2v) is 3.92. The van der Waals surface area contributed by atoms with E-state index in [2.05, 4.69) is 28.0 Å².